The summed E-state index contributed by atoms with van der Waals surface area (Å²) >= 11 is 6.17. The lowest BCUT2D eigenvalue weighted by molar-refractivity contribution is -0.131. The third kappa shape index (κ3) is 4.49. The summed E-state index contributed by atoms with van der Waals surface area (Å²) in [7, 11) is 0. The van der Waals surface area contributed by atoms with Gasteiger partial charge in [0.05, 0.1) is 16.6 Å². The van der Waals surface area contributed by atoms with Gasteiger partial charge in [-0.1, -0.05) is 38.3 Å². The van der Waals surface area contributed by atoms with Gasteiger partial charge in [0.25, 0.3) is 0 Å². The predicted octanol–water partition coefficient (Wildman–Crippen LogP) is 3.91. The molecule has 1 heterocycles. The van der Waals surface area contributed by atoms with E-state index in [0.717, 1.165) is 12.8 Å². The zero-order valence-corrected chi connectivity index (χ0v) is 17.4. The molecule has 0 unspecified atom stereocenters. The summed E-state index contributed by atoms with van der Waals surface area (Å²) in [5.41, 5.74) is 1.05. The first kappa shape index (κ1) is 20.6. The number of hydrogen-bond donors (Lipinski definition) is 2. The number of carbonyl (C=O) groups excluding carboxylic acids is 3. The van der Waals surface area contributed by atoms with Crippen molar-refractivity contribution in [3.63, 3.8) is 0 Å². The van der Waals surface area contributed by atoms with Gasteiger partial charge in [0.1, 0.15) is 0 Å². The van der Waals surface area contributed by atoms with Gasteiger partial charge in [-0.05, 0) is 36.5 Å². The molecule has 2 aliphatic rings. The van der Waals surface area contributed by atoms with Crippen LogP contribution in [0.1, 0.15) is 46.5 Å². The smallest absolute Gasteiger partial charge is 0.229 e. The molecule has 3 amide bonds. The normalized spacial score (nSPS) is 27.6. The van der Waals surface area contributed by atoms with E-state index >= 15 is 0 Å². The second kappa shape index (κ2) is 8.52. The average molecular weight is 406 g/mol. The summed E-state index contributed by atoms with van der Waals surface area (Å²) in [6, 6.07) is 5.18. The Morgan fingerprint density at radius 2 is 1.93 bits per heavy atom. The summed E-state index contributed by atoms with van der Waals surface area (Å²) in [4.78, 5) is 38.4. The van der Waals surface area contributed by atoms with E-state index in [4.69, 9.17) is 11.6 Å². The van der Waals surface area contributed by atoms with Crippen molar-refractivity contribution in [2.75, 3.05) is 17.2 Å². The van der Waals surface area contributed by atoms with Crippen LogP contribution in [-0.4, -0.2) is 35.2 Å². The molecule has 2 fully saturated rings. The highest BCUT2D eigenvalue weighted by atomic mass is 35.5. The van der Waals surface area contributed by atoms with Crippen LogP contribution in [0, 0.1) is 17.8 Å². The Bertz CT molecular complexity index is 782. The SMILES string of the molecule is CC(=O)Nc1ccc(NC(=O)[C@@H]2CC(=O)N([C@@H]3CCC[C@@H](C)[C@@H]3C)C2)cc1Cl. The number of benzene rings is 1. The van der Waals surface area contributed by atoms with Gasteiger partial charge in [-0.25, -0.2) is 0 Å². The number of carbonyl (C=O) groups is 3. The zero-order valence-electron chi connectivity index (χ0n) is 16.6. The Hall–Kier alpha value is -2.08. The summed E-state index contributed by atoms with van der Waals surface area (Å²) in [6.45, 7) is 6.34. The van der Waals surface area contributed by atoms with Gasteiger partial charge in [-0.2, -0.15) is 0 Å². The highest BCUT2D eigenvalue weighted by molar-refractivity contribution is 6.34. The summed E-state index contributed by atoms with van der Waals surface area (Å²) in [5, 5.41) is 5.83. The van der Waals surface area contributed by atoms with Crippen molar-refractivity contribution < 1.29 is 14.4 Å². The Morgan fingerprint density at radius 3 is 2.61 bits per heavy atom. The molecule has 28 heavy (non-hydrogen) atoms. The third-order valence-electron chi connectivity index (χ3n) is 6.14. The van der Waals surface area contributed by atoms with E-state index in [9.17, 15) is 14.4 Å². The first-order chi connectivity index (χ1) is 13.3. The molecule has 6 nitrogen and oxygen atoms in total. The Balaban J connectivity index is 1.63. The molecule has 1 aliphatic carbocycles. The number of amides is 3. The second-order valence-electron chi connectivity index (χ2n) is 8.15. The zero-order chi connectivity index (χ0) is 20.4. The van der Waals surface area contributed by atoms with Crippen LogP contribution < -0.4 is 10.6 Å². The van der Waals surface area contributed by atoms with Gasteiger partial charge in [0.2, 0.25) is 17.7 Å². The number of nitrogens with one attached hydrogen (secondary N) is 2. The molecule has 0 aromatic heterocycles. The van der Waals surface area contributed by atoms with E-state index in [1.54, 1.807) is 18.2 Å². The molecule has 152 valence electrons. The Morgan fingerprint density at radius 1 is 1.18 bits per heavy atom. The van der Waals surface area contributed by atoms with Crippen LogP contribution in [0.4, 0.5) is 11.4 Å². The lowest BCUT2D eigenvalue weighted by Gasteiger charge is -2.40. The maximum Gasteiger partial charge on any atom is 0.229 e. The van der Waals surface area contributed by atoms with Crippen molar-refractivity contribution in [2.45, 2.75) is 52.5 Å². The molecule has 1 saturated heterocycles. The van der Waals surface area contributed by atoms with Crippen LogP contribution in [-0.2, 0) is 14.4 Å². The van der Waals surface area contributed by atoms with Gasteiger partial charge < -0.3 is 15.5 Å². The van der Waals surface area contributed by atoms with Crippen LogP contribution in [0.15, 0.2) is 18.2 Å². The molecule has 0 radical (unpaired) electrons. The maximum absolute atomic E-state index is 12.7. The predicted molar refractivity (Wildman–Crippen MR) is 110 cm³/mol. The quantitative estimate of drug-likeness (QED) is 0.797. The summed E-state index contributed by atoms with van der Waals surface area (Å²) in [5.74, 6) is 0.393. The van der Waals surface area contributed by atoms with Crippen LogP contribution >= 0.6 is 11.6 Å². The van der Waals surface area contributed by atoms with Crippen molar-refractivity contribution in [2.24, 2.45) is 17.8 Å². The monoisotopic (exact) mass is 405 g/mol. The summed E-state index contributed by atoms with van der Waals surface area (Å²) in [6.07, 6.45) is 3.61. The maximum atomic E-state index is 12.7. The van der Waals surface area contributed by atoms with Crippen LogP contribution in [0.25, 0.3) is 0 Å². The Labute approximate surface area is 171 Å². The average Bonchev–Trinajstić information content (AvgIpc) is 3.01. The van der Waals surface area contributed by atoms with E-state index in [1.807, 2.05) is 4.90 Å². The minimum absolute atomic E-state index is 0.0742. The van der Waals surface area contributed by atoms with Crippen LogP contribution in [0.3, 0.4) is 0 Å². The number of rotatable bonds is 4. The molecular weight excluding hydrogens is 378 g/mol. The fraction of sp³-hybridized carbons (Fsp3) is 0.571. The van der Waals surface area contributed by atoms with Crippen molar-refractivity contribution in [1.82, 2.24) is 4.90 Å². The van der Waals surface area contributed by atoms with Crippen molar-refractivity contribution in [3.8, 4) is 0 Å². The molecule has 0 bridgehead atoms. The molecule has 1 aromatic carbocycles. The van der Waals surface area contributed by atoms with Crippen molar-refractivity contribution in [1.29, 1.82) is 0 Å². The lowest BCUT2D eigenvalue weighted by atomic mass is 9.77. The summed E-state index contributed by atoms with van der Waals surface area (Å²) < 4.78 is 0. The fourth-order valence-corrected chi connectivity index (χ4v) is 4.58. The molecule has 0 spiro atoms. The molecule has 1 aliphatic heterocycles. The van der Waals surface area contributed by atoms with Gasteiger partial charge >= 0.3 is 0 Å². The van der Waals surface area contributed by atoms with Crippen molar-refractivity contribution in [3.05, 3.63) is 23.2 Å². The minimum atomic E-state index is -0.356. The van der Waals surface area contributed by atoms with Gasteiger partial charge in [0, 0.05) is 31.6 Å². The highest BCUT2D eigenvalue weighted by Crippen LogP contribution is 2.36. The number of nitrogens with zero attached hydrogens (tertiary/aromatic N) is 1. The number of likely N-dealkylation sites (tertiary alicyclic amines) is 1. The van der Waals surface area contributed by atoms with Crippen LogP contribution in [0.5, 0.6) is 0 Å². The molecule has 1 aromatic rings. The fourth-order valence-electron chi connectivity index (χ4n) is 4.35. The van der Waals surface area contributed by atoms with Gasteiger partial charge in [0.15, 0.2) is 0 Å². The van der Waals surface area contributed by atoms with E-state index in [2.05, 4.69) is 24.5 Å². The largest absolute Gasteiger partial charge is 0.339 e. The van der Waals surface area contributed by atoms with E-state index < -0.39 is 0 Å². The van der Waals surface area contributed by atoms with E-state index in [-0.39, 0.29) is 36.1 Å². The van der Waals surface area contributed by atoms with E-state index in [1.165, 1.54) is 13.3 Å². The number of anilines is 2. The van der Waals surface area contributed by atoms with E-state index in [0.29, 0.717) is 34.8 Å². The first-order valence-corrected chi connectivity index (χ1v) is 10.3. The minimum Gasteiger partial charge on any atom is -0.339 e. The molecule has 7 heteroatoms. The highest BCUT2D eigenvalue weighted by Gasteiger charge is 2.41. The molecule has 3 rings (SSSR count). The number of halogens is 1. The second-order valence-corrected chi connectivity index (χ2v) is 8.55. The molecule has 4 atom stereocenters. The lowest BCUT2D eigenvalue weighted by Crippen LogP contribution is -2.45. The topological polar surface area (TPSA) is 78.5 Å². The van der Waals surface area contributed by atoms with Crippen LogP contribution in [0.2, 0.25) is 5.02 Å². The Kier molecular flexibility index (Phi) is 6.28. The number of hydrogen-bond acceptors (Lipinski definition) is 3. The third-order valence-corrected chi connectivity index (χ3v) is 6.45. The van der Waals surface area contributed by atoms with Gasteiger partial charge in [-0.3, -0.25) is 14.4 Å². The molecule has 2 N–H and O–H groups in total. The first-order valence-electron chi connectivity index (χ1n) is 9.93. The van der Waals surface area contributed by atoms with Gasteiger partial charge in [-0.15, -0.1) is 0 Å². The molecular formula is C21H28ClN3O3. The standard InChI is InChI=1S/C21H28ClN3O3/c1-12-5-4-6-19(13(12)2)25-11-15(9-20(25)27)21(28)24-16-7-8-18(17(22)10-16)23-14(3)26/h7-8,10,12-13,15,19H,4-6,9,11H2,1-3H3,(H,23,26)(H,24,28)/t12-,13+,15-,19-/m1/s1. The molecule has 1 saturated carbocycles. The van der Waals surface area contributed by atoms with Crippen molar-refractivity contribution >= 4 is 40.7 Å².